The number of amides is 3. The van der Waals surface area contributed by atoms with Crippen LogP contribution < -0.4 is 0 Å². The first-order chi connectivity index (χ1) is 17.8. The minimum Gasteiger partial charge on any atom is -0.466 e. The summed E-state index contributed by atoms with van der Waals surface area (Å²) in [5.74, 6) is -0.415. The highest BCUT2D eigenvalue weighted by atomic mass is 16.5. The minimum atomic E-state index is -0.925. The van der Waals surface area contributed by atoms with Crippen LogP contribution in [0.3, 0.4) is 0 Å². The lowest BCUT2D eigenvalue weighted by Gasteiger charge is -2.45. The van der Waals surface area contributed by atoms with Crippen molar-refractivity contribution in [1.82, 2.24) is 14.7 Å². The maximum absolute atomic E-state index is 13.8. The molecule has 3 saturated heterocycles. The predicted molar refractivity (Wildman–Crippen MR) is 136 cm³/mol. The zero-order chi connectivity index (χ0) is 26.6. The number of likely N-dealkylation sites (tertiary alicyclic amines) is 2. The Hall–Kier alpha value is -2.94. The van der Waals surface area contributed by atoms with E-state index >= 15 is 0 Å². The lowest BCUT2D eigenvalue weighted by Crippen LogP contribution is -2.60. The van der Waals surface area contributed by atoms with Crippen molar-refractivity contribution in [2.45, 2.75) is 64.6 Å². The van der Waals surface area contributed by atoms with E-state index in [0.717, 1.165) is 0 Å². The fourth-order valence-corrected chi connectivity index (χ4v) is 5.67. The molecule has 1 aromatic carbocycles. The van der Waals surface area contributed by atoms with Crippen LogP contribution in [-0.4, -0.2) is 89.6 Å². The van der Waals surface area contributed by atoms with Gasteiger partial charge < -0.3 is 19.3 Å². The average molecular weight is 514 g/mol. The summed E-state index contributed by atoms with van der Waals surface area (Å²) in [6.07, 6.45) is 2.50. The molecule has 1 aromatic rings. The first-order valence-corrected chi connectivity index (χ1v) is 13.5. The first kappa shape index (κ1) is 27.1. The van der Waals surface area contributed by atoms with Crippen molar-refractivity contribution in [3.63, 3.8) is 0 Å². The molecule has 3 aliphatic heterocycles. The molecule has 4 rings (SSSR count). The van der Waals surface area contributed by atoms with Gasteiger partial charge in [-0.1, -0.05) is 32.0 Å². The molecule has 0 aromatic heterocycles. The number of ether oxygens (including phenoxy) is 2. The van der Waals surface area contributed by atoms with E-state index in [-0.39, 0.29) is 42.1 Å². The summed E-state index contributed by atoms with van der Waals surface area (Å²) in [5, 5.41) is 0. The van der Waals surface area contributed by atoms with Gasteiger partial charge >= 0.3 is 5.97 Å². The highest BCUT2D eigenvalue weighted by Crippen LogP contribution is 2.39. The van der Waals surface area contributed by atoms with Crippen LogP contribution in [0.15, 0.2) is 30.3 Å². The average Bonchev–Trinajstić information content (AvgIpc) is 3.26. The van der Waals surface area contributed by atoms with E-state index < -0.39 is 11.8 Å². The fourth-order valence-electron chi connectivity index (χ4n) is 5.67. The van der Waals surface area contributed by atoms with Crippen molar-refractivity contribution in [2.75, 3.05) is 39.4 Å². The minimum absolute atomic E-state index is 0.112. The number of hydrogen-bond donors (Lipinski definition) is 0. The molecule has 37 heavy (non-hydrogen) atoms. The zero-order valence-corrected chi connectivity index (χ0v) is 22.2. The van der Waals surface area contributed by atoms with E-state index in [4.69, 9.17) is 9.47 Å². The summed E-state index contributed by atoms with van der Waals surface area (Å²) in [7, 11) is 0. The van der Waals surface area contributed by atoms with Gasteiger partial charge in [0.1, 0.15) is 11.8 Å². The third-order valence-corrected chi connectivity index (χ3v) is 7.69. The van der Waals surface area contributed by atoms with Crippen molar-refractivity contribution in [2.24, 2.45) is 11.8 Å². The fraction of sp³-hybridized carbons (Fsp3) is 0.643. The maximum Gasteiger partial charge on any atom is 0.309 e. The van der Waals surface area contributed by atoms with Crippen LogP contribution in [0.5, 0.6) is 0 Å². The molecule has 3 fully saturated rings. The van der Waals surface area contributed by atoms with Gasteiger partial charge in [0, 0.05) is 51.0 Å². The van der Waals surface area contributed by atoms with Crippen molar-refractivity contribution in [1.29, 1.82) is 0 Å². The van der Waals surface area contributed by atoms with Crippen LogP contribution in [0.25, 0.3) is 0 Å². The molecular formula is C28H39N3O6. The predicted octanol–water partition coefficient (Wildman–Crippen LogP) is 2.69. The van der Waals surface area contributed by atoms with Gasteiger partial charge in [0.2, 0.25) is 11.8 Å². The third-order valence-electron chi connectivity index (χ3n) is 7.69. The van der Waals surface area contributed by atoms with E-state index in [1.807, 2.05) is 24.8 Å². The smallest absolute Gasteiger partial charge is 0.309 e. The second-order valence-electron chi connectivity index (χ2n) is 10.6. The van der Waals surface area contributed by atoms with Gasteiger partial charge in [-0.25, -0.2) is 0 Å². The van der Waals surface area contributed by atoms with Crippen molar-refractivity contribution in [3.05, 3.63) is 35.9 Å². The maximum atomic E-state index is 13.8. The summed E-state index contributed by atoms with van der Waals surface area (Å²) in [6.45, 7) is 8.14. The zero-order valence-electron chi connectivity index (χ0n) is 22.2. The summed E-state index contributed by atoms with van der Waals surface area (Å²) in [5.41, 5.74) is -0.421. The van der Waals surface area contributed by atoms with Gasteiger partial charge in [-0.15, -0.1) is 0 Å². The second kappa shape index (κ2) is 11.6. The highest BCUT2D eigenvalue weighted by molar-refractivity contribution is 5.98. The molecule has 3 heterocycles. The van der Waals surface area contributed by atoms with Crippen LogP contribution in [-0.2, 0) is 23.9 Å². The van der Waals surface area contributed by atoms with Gasteiger partial charge in [0.15, 0.2) is 0 Å². The molecule has 0 N–H and O–H groups in total. The Morgan fingerprint density at radius 1 is 1.00 bits per heavy atom. The third kappa shape index (κ3) is 5.81. The lowest BCUT2D eigenvalue weighted by atomic mass is 9.94. The number of carbonyl (C=O) groups excluding carboxylic acids is 4. The Bertz CT molecular complexity index is 981. The van der Waals surface area contributed by atoms with E-state index in [1.54, 1.807) is 41.0 Å². The van der Waals surface area contributed by atoms with Gasteiger partial charge in [-0.05, 0) is 37.8 Å². The van der Waals surface area contributed by atoms with Gasteiger partial charge in [-0.3, -0.25) is 24.1 Å². The van der Waals surface area contributed by atoms with Crippen LogP contribution >= 0.6 is 0 Å². The summed E-state index contributed by atoms with van der Waals surface area (Å²) >= 11 is 0. The number of nitrogens with zero attached hydrogens (tertiary/aromatic N) is 3. The molecule has 9 nitrogen and oxygen atoms in total. The Labute approximate surface area is 219 Å². The van der Waals surface area contributed by atoms with Crippen molar-refractivity contribution >= 4 is 23.7 Å². The Kier molecular flexibility index (Phi) is 8.52. The molecule has 0 radical (unpaired) electrons. The van der Waals surface area contributed by atoms with Gasteiger partial charge in [0.25, 0.3) is 5.91 Å². The molecule has 0 bridgehead atoms. The molecule has 1 spiro atoms. The molecule has 0 saturated carbocycles. The van der Waals surface area contributed by atoms with Gasteiger partial charge in [-0.2, -0.15) is 0 Å². The molecule has 202 valence electrons. The Morgan fingerprint density at radius 3 is 2.24 bits per heavy atom. The Morgan fingerprint density at radius 2 is 1.65 bits per heavy atom. The normalized spacial score (nSPS) is 21.9. The molecule has 9 heteroatoms. The highest BCUT2D eigenvalue weighted by Gasteiger charge is 2.55. The van der Waals surface area contributed by atoms with Crippen LogP contribution in [0.4, 0.5) is 0 Å². The van der Waals surface area contributed by atoms with E-state index in [1.165, 1.54) is 0 Å². The SMILES string of the molecule is CCOC(=O)C1CCN(C(=O)[C@@H]2COC3(CCN(C(=O)CC(C)C)CC3)N2C(=O)c2ccccc2)CC1. The number of hydrogen-bond acceptors (Lipinski definition) is 6. The molecule has 0 unspecified atom stereocenters. The summed E-state index contributed by atoms with van der Waals surface area (Å²) in [6, 6.07) is 8.22. The second-order valence-corrected chi connectivity index (χ2v) is 10.6. The number of piperidine rings is 2. The quantitative estimate of drug-likeness (QED) is 0.543. The lowest BCUT2D eigenvalue weighted by molar-refractivity contribution is -0.152. The van der Waals surface area contributed by atoms with E-state index in [9.17, 15) is 19.2 Å². The van der Waals surface area contributed by atoms with E-state index in [2.05, 4.69) is 0 Å². The molecule has 1 atom stereocenters. The molecule has 0 aliphatic carbocycles. The van der Waals surface area contributed by atoms with Crippen LogP contribution in [0, 0.1) is 11.8 Å². The summed E-state index contributed by atoms with van der Waals surface area (Å²) < 4.78 is 11.5. The molecule has 3 aliphatic rings. The van der Waals surface area contributed by atoms with E-state index in [0.29, 0.717) is 70.5 Å². The number of esters is 1. The first-order valence-electron chi connectivity index (χ1n) is 13.5. The van der Waals surface area contributed by atoms with Crippen LogP contribution in [0.1, 0.15) is 63.2 Å². The Balaban J connectivity index is 1.51. The monoisotopic (exact) mass is 513 g/mol. The molecule has 3 amide bonds. The number of carbonyl (C=O) groups is 4. The topological polar surface area (TPSA) is 96.5 Å². The number of benzene rings is 1. The summed E-state index contributed by atoms with van der Waals surface area (Å²) in [4.78, 5) is 57.6. The number of rotatable bonds is 6. The van der Waals surface area contributed by atoms with Crippen molar-refractivity contribution < 1.29 is 28.7 Å². The van der Waals surface area contributed by atoms with Crippen molar-refractivity contribution in [3.8, 4) is 0 Å². The van der Waals surface area contributed by atoms with Gasteiger partial charge in [0.05, 0.1) is 19.1 Å². The standard InChI is InChI=1S/C28H39N3O6/c1-4-36-27(35)22-10-14-30(15-11-22)26(34)23-19-37-28(31(23)25(33)21-8-6-5-7-9-21)12-16-29(17-13-28)24(32)18-20(2)3/h5-9,20,22-23H,4,10-19H2,1-3H3/t23-/m0/s1. The van der Waals surface area contributed by atoms with Crippen LogP contribution in [0.2, 0.25) is 0 Å². The largest absolute Gasteiger partial charge is 0.466 e. The molecular weight excluding hydrogens is 474 g/mol.